The highest BCUT2D eigenvalue weighted by atomic mass is 79.9. The molecule has 2 unspecified atom stereocenters. The Hall–Kier alpha value is -0.140. The van der Waals surface area contributed by atoms with E-state index in [1.807, 2.05) is 6.92 Å². The summed E-state index contributed by atoms with van der Waals surface area (Å²) >= 11 is 9.08. The zero-order valence-electron chi connectivity index (χ0n) is 10.4. The molecule has 1 saturated heterocycles. The van der Waals surface area contributed by atoms with Crippen LogP contribution in [0, 0.1) is 5.92 Å². The molecule has 0 aromatic heterocycles. The predicted octanol–water partition coefficient (Wildman–Crippen LogP) is 2.49. The molecule has 1 fully saturated rings. The summed E-state index contributed by atoms with van der Waals surface area (Å²) in [7, 11) is -3.57. The van der Waals surface area contributed by atoms with Gasteiger partial charge in [-0.15, -0.1) is 0 Å². The minimum atomic E-state index is -3.57. The molecule has 1 aromatic carbocycles. The van der Waals surface area contributed by atoms with Crippen LogP contribution in [0.5, 0.6) is 0 Å². The zero-order chi connectivity index (χ0) is 14.2. The van der Waals surface area contributed by atoms with Gasteiger partial charge in [0.15, 0.2) is 0 Å². The SMILES string of the molecule is CC1CCN(S(=O)(=O)c2ccc(Cl)c(Br)c2)CC1O. The molecule has 1 heterocycles. The summed E-state index contributed by atoms with van der Waals surface area (Å²) < 4.78 is 26.8. The Kier molecular flexibility index (Phi) is 4.57. The Morgan fingerprint density at radius 3 is 2.74 bits per heavy atom. The Morgan fingerprint density at radius 2 is 2.16 bits per heavy atom. The largest absolute Gasteiger partial charge is 0.391 e. The van der Waals surface area contributed by atoms with Crippen molar-refractivity contribution in [2.24, 2.45) is 5.92 Å². The highest BCUT2D eigenvalue weighted by Gasteiger charge is 2.32. The molecular formula is C12H15BrClNO3S. The fraction of sp³-hybridized carbons (Fsp3) is 0.500. The van der Waals surface area contributed by atoms with Gasteiger partial charge < -0.3 is 5.11 Å². The lowest BCUT2D eigenvalue weighted by molar-refractivity contribution is 0.0605. The summed E-state index contributed by atoms with van der Waals surface area (Å²) in [4.78, 5) is 0.186. The van der Waals surface area contributed by atoms with E-state index in [-0.39, 0.29) is 17.4 Å². The van der Waals surface area contributed by atoms with Gasteiger partial charge in [-0.3, -0.25) is 0 Å². The molecule has 19 heavy (non-hydrogen) atoms. The number of piperidine rings is 1. The van der Waals surface area contributed by atoms with Gasteiger partial charge >= 0.3 is 0 Å². The van der Waals surface area contributed by atoms with E-state index in [0.29, 0.717) is 22.5 Å². The standard InChI is InChI=1S/C12H15BrClNO3S/c1-8-4-5-15(7-12(8)16)19(17,18)9-2-3-11(14)10(13)6-9/h2-3,6,8,12,16H,4-5,7H2,1H3. The topological polar surface area (TPSA) is 57.6 Å². The van der Waals surface area contributed by atoms with E-state index in [0.717, 1.165) is 0 Å². The quantitative estimate of drug-likeness (QED) is 0.872. The van der Waals surface area contributed by atoms with Crippen molar-refractivity contribution in [3.63, 3.8) is 0 Å². The Bertz CT molecular complexity index is 578. The van der Waals surface area contributed by atoms with Crippen LogP contribution in [0.4, 0.5) is 0 Å². The molecule has 1 aliphatic rings. The van der Waals surface area contributed by atoms with E-state index >= 15 is 0 Å². The molecule has 1 N–H and O–H groups in total. The van der Waals surface area contributed by atoms with E-state index in [9.17, 15) is 13.5 Å². The number of hydrogen-bond donors (Lipinski definition) is 1. The number of nitrogens with zero attached hydrogens (tertiary/aromatic N) is 1. The van der Waals surface area contributed by atoms with Gasteiger partial charge in [0.25, 0.3) is 0 Å². The summed E-state index contributed by atoms with van der Waals surface area (Å²) in [6.45, 7) is 2.50. The second-order valence-corrected chi connectivity index (χ2v) is 7.97. The third kappa shape index (κ3) is 3.13. The van der Waals surface area contributed by atoms with Crippen molar-refractivity contribution in [1.82, 2.24) is 4.31 Å². The van der Waals surface area contributed by atoms with E-state index in [1.54, 1.807) is 6.07 Å². The van der Waals surface area contributed by atoms with Crippen LogP contribution in [0.25, 0.3) is 0 Å². The van der Waals surface area contributed by atoms with Crippen LogP contribution in [0.15, 0.2) is 27.6 Å². The highest BCUT2D eigenvalue weighted by molar-refractivity contribution is 9.10. The predicted molar refractivity (Wildman–Crippen MR) is 77.7 cm³/mol. The summed E-state index contributed by atoms with van der Waals surface area (Å²) in [6.07, 6.45) is 0.0501. The van der Waals surface area contributed by atoms with Gasteiger partial charge in [-0.25, -0.2) is 8.42 Å². The number of sulfonamides is 1. The van der Waals surface area contributed by atoms with Crippen molar-refractivity contribution in [1.29, 1.82) is 0 Å². The van der Waals surface area contributed by atoms with Gasteiger partial charge in [-0.2, -0.15) is 4.31 Å². The van der Waals surface area contributed by atoms with Crippen LogP contribution in [-0.4, -0.2) is 37.0 Å². The molecule has 4 nitrogen and oxygen atoms in total. The Balaban J connectivity index is 2.29. The van der Waals surface area contributed by atoms with Crippen LogP contribution in [0.2, 0.25) is 5.02 Å². The Labute approximate surface area is 126 Å². The van der Waals surface area contributed by atoms with Crippen molar-refractivity contribution in [2.75, 3.05) is 13.1 Å². The van der Waals surface area contributed by atoms with Crippen molar-refractivity contribution >= 4 is 37.6 Å². The van der Waals surface area contributed by atoms with E-state index in [1.165, 1.54) is 16.4 Å². The van der Waals surface area contributed by atoms with Gasteiger partial charge in [-0.1, -0.05) is 18.5 Å². The third-order valence-electron chi connectivity index (χ3n) is 3.41. The summed E-state index contributed by atoms with van der Waals surface area (Å²) in [5, 5.41) is 10.3. The molecule has 0 radical (unpaired) electrons. The average Bonchev–Trinajstić information content (AvgIpc) is 2.35. The smallest absolute Gasteiger partial charge is 0.243 e. The van der Waals surface area contributed by atoms with Crippen LogP contribution in [0.1, 0.15) is 13.3 Å². The minimum absolute atomic E-state index is 0.128. The third-order valence-corrected chi connectivity index (χ3v) is 6.49. The fourth-order valence-corrected chi connectivity index (χ4v) is 4.17. The molecule has 1 aliphatic heterocycles. The van der Waals surface area contributed by atoms with Crippen LogP contribution in [-0.2, 0) is 10.0 Å². The van der Waals surface area contributed by atoms with E-state index < -0.39 is 16.1 Å². The minimum Gasteiger partial charge on any atom is -0.391 e. The molecule has 0 saturated carbocycles. The van der Waals surface area contributed by atoms with Gasteiger partial charge in [0.05, 0.1) is 16.0 Å². The molecule has 0 aliphatic carbocycles. The van der Waals surface area contributed by atoms with Gasteiger partial charge in [0.1, 0.15) is 0 Å². The second-order valence-electron chi connectivity index (χ2n) is 4.77. The fourth-order valence-electron chi connectivity index (χ4n) is 2.02. The zero-order valence-corrected chi connectivity index (χ0v) is 13.5. The first kappa shape index (κ1) is 15.3. The van der Waals surface area contributed by atoms with Gasteiger partial charge in [-0.05, 0) is 46.5 Å². The maximum Gasteiger partial charge on any atom is 0.243 e. The molecule has 0 bridgehead atoms. The molecule has 0 amide bonds. The summed E-state index contributed by atoms with van der Waals surface area (Å²) in [6, 6.07) is 4.51. The van der Waals surface area contributed by atoms with E-state index in [4.69, 9.17) is 11.6 Å². The normalized spacial score (nSPS) is 25.5. The van der Waals surface area contributed by atoms with Crippen molar-refractivity contribution in [3.05, 3.63) is 27.7 Å². The van der Waals surface area contributed by atoms with Crippen LogP contribution < -0.4 is 0 Å². The molecular weight excluding hydrogens is 354 g/mol. The first-order valence-corrected chi connectivity index (χ1v) is 8.56. The number of rotatable bonds is 2. The maximum atomic E-state index is 12.5. The Morgan fingerprint density at radius 1 is 1.47 bits per heavy atom. The van der Waals surface area contributed by atoms with Crippen molar-refractivity contribution in [3.8, 4) is 0 Å². The van der Waals surface area contributed by atoms with Crippen molar-refractivity contribution < 1.29 is 13.5 Å². The van der Waals surface area contributed by atoms with Crippen LogP contribution in [0.3, 0.4) is 0 Å². The lowest BCUT2D eigenvalue weighted by Gasteiger charge is -2.33. The molecule has 1 aromatic rings. The van der Waals surface area contributed by atoms with Crippen molar-refractivity contribution in [2.45, 2.75) is 24.3 Å². The molecule has 106 valence electrons. The summed E-state index contributed by atoms with van der Waals surface area (Å²) in [5.41, 5.74) is 0. The molecule has 2 atom stereocenters. The molecule has 0 spiro atoms. The first-order chi connectivity index (χ1) is 8.82. The molecule has 2 rings (SSSR count). The van der Waals surface area contributed by atoms with Gasteiger partial charge in [0, 0.05) is 17.6 Å². The van der Waals surface area contributed by atoms with Crippen LogP contribution >= 0.6 is 27.5 Å². The monoisotopic (exact) mass is 367 g/mol. The number of halogens is 2. The lowest BCUT2D eigenvalue weighted by atomic mass is 9.98. The number of hydrogen-bond acceptors (Lipinski definition) is 3. The average molecular weight is 369 g/mol. The first-order valence-electron chi connectivity index (χ1n) is 5.95. The van der Waals surface area contributed by atoms with E-state index in [2.05, 4.69) is 15.9 Å². The maximum absolute atomic E-state index is 12.5. The number of benzene rings is 1. The highest BCUT2D eigenvalue weighted by Crippen LogP contribution is 2.29. The number of β-amino-alcohol motifs (C(OH)–C–C–N with tert-alkyl or cyclic N) is 1. The second kappa shape index (κ2) is 5.69. The molecule has 7 heteroatoms. The van der Waals surface area contributed by atoms with Gasteiger partial charge in [0.2, 0.25) is 10.0 Å². The summed E-state index contributed by atoms with van der Waals surface area (Å²) in [5.74, 6) is 0.128. The number of aliphatic hydroxyl groups excluding tert-OH is 1. The number of aliphatic hydroxyl groups is 1. The lowest BCUT2D eigenvalue weighted by Crippen LogP contribution is -2.45.